The van der Waals surface area contributed by atoms with Crippen LogP contribution in [0.5, 0.6) is 0 Å². The molecule has 4 nitrogen and oxygen atoms in total. The van der Waals surface area contributed by atoms with E-state index in [2.05, 4.69) is 10.3 Å². The summed E-state index contributed by atoms with van der Waals surface area (Å²) < 4.78 is 0. The second-order valence-corrected chi connectivity index (χ2v) is 4.71. The Kier molecular flexibility index (Phi) is 5.64. The molecule has 0 unspecified atom stereocenters. The highest BCUT2D eigenvalue weighted by molar-refractivity contribution is 5.97. The Labute approximate surface area is 124 Å². The number of hydrogen-bond donors (Lipinski definition) is 1. The number of ketones is 1. The lowest BCUT2D eigenvalue weighted by Crippen LogP contribution is -2.26. The van der Waals surface area contributed by atoms with Crippen molar-refractivity contribution in [2.24, 2.45) is 0 Å². The Hall–Kier alpha value is -2.49. The van der Waals surface area contributed by atoms with Crippen LogP contribution in [0.3, 0.4) is 0 Å². The van der Waals surface area contributed by atoms with Gasteiger partial charge in [-0.05, 0) is 12.1 Å². The highest BCUT2D eigenvalue weighted by atomic mass is 16.2. The molecule has 0 aliphatic rings. The fourth-order valence-electron chi connectivity index (χ4n) is 1.96. The summed E-state index contributed by atoms with van der Waals surface area (Å²) in [5.41, 5.74) is 1.59. The number of rotatable bonds is 7. The van der Waals surface area contributed by atoms with E-state index in [9.17, 15) is 9.59 Å². The highest BCUT2D eigenvalue weighted by Crippen LogP contribution is 2.04. The second kappa shape index (κ2) is 7.94. The van der Waals surface area contributed by atoms with Crippen LogP contribution in [0.4, 0.5) is 0 Å². The Bertz CT molecular complexity index is 582. The van der Waals surface area contributed by atoms with Gasteiger partial charge in [0.1, 0.15) is 0 Å². The average molecular weight is 282 g/mol. The number of aromatic nitrogens is 1. The van der Waals surface area contributed by atoms with Crippen LogP contribution >= 0.6 is 0 Å². The van der Waals surface area contributed by atoms with Gasteiger partial charge in [0.15, 0.2) is 5.78 Å². The molecule has 0 saturated heterocycles. The van der Waals surface area contributed by atoms with Gasteiger partial charge in [-0.1, -0.05) is 36.4 Å². The van der Waals surface area contributed by atoms with Crippen LogP contribution in [0.15, 0.2) is 54.7 Å². The topological polar surface area (TPSA) is 59.1 Å². The van der Waals surface area contributed by atoms with Gasteiger partial charge in [-0.25, -0.2) is 0 Å². The third-order valence-electron chi connectivity index (χ3n) is 3.10. The zero-order chi connectivity index (χ0) is 14.9. The molecular formula is C17H18N2O2. The molecule has 0 radical (unpaired) electrons. The first-order valence-electron chi connectivity index (χ1n) is 7.00. The summed E-state index contributed by atoms with van der Waals surface area (Å²) in [6, 6.07) is 14.7. The molecule has 21 heavy (non-hydrogen) atoms. The summed E-state index contributed by atoms with van der Waals surface area (Å²) in [5.74, 6) is -0.106. The van der Waals surface area contributed by atoms with E-state index < -0.39 is 0 Å². The van der Waals surface area contributed by atoms with Crippen LogP contribution in [-0.4, -0.2) is 23.2 Å². The highest BCUT2D eigenvalue weighted by Gasteiger charge is 2.08. The molecule has 1 heterocycles. The van der Waals surface area contributed by atoms with E-state index in [1.807, 2.05) is 36.4 Å². The number of hydrogen-bond acceptors (Lipinski definition) is 3. The molecule has 0 fully saturated rings. The summed E-state index contributed by atoms with van der Waals surface area (Å²) in [5, 5.41) is 2.81. The first-order valence-corrected chi connectivity index (χ1v) is 7.00. The number of benzene rings is 1. The summed E-state index contributed by atoms with van der Waals surface area (Å²) in [7, 11) is 0. The third kappa shape index (κ3) is 5.18. The zero-order valence-electron chi connectivity index (χ0n) is 11.8. The van der Waals surface area contributed by atoms with Gasteiger partial charge in [-0.15, -0.1) is 0 Å². The minimum Gasteiger partial charge on any atom is -0.356 e. The SMILES string of the molecule is O=C(CCC(=O)c1ccccc1)NCCc1ccccn1. The molecule has 0 aliphatic heterocycles. The molecule has 4 heteroatoms. The lowest BCUT2D eigenvalue weighted by Gasteiger charge is -2.05. The number of carbonyl (C=O) groups excluding carboxylic acids is 2. The molecule has 1 aromatic carbocycles. The van der Waals surface area contributed by atoms with E-state index in [1.54, 1.807) is 18.3 Å². The minimum atomic E-state index is -0.102. The van der Waals surface area contributed by atoms with Crippen LogP contribution < -0.4 is 5.32 Å². The number of nitrogens with one attached hydrogen (secondary N) is 1. The van der Waals surface area contributed by atoms with Crippen molar-refractivity contribution in [1.82, 2.24) is 10.3 Å². The van der Waals surface area contributed by atoms with E-state index in [4.69, 9.17) is 0 Å². The Morgan fingerprint density at radius 1 is 0.952 bits per heavy atom. The molecule has 0 saturated carbocycles. The number of carbonyl (C=O) groups is 2. The van der Waals surface area contributed by atoms with E-state index in [0.29, 0.717) is 18.5 Å². The maximum atomic E-state index is 11.9. The standard InChI is InChI=1S/C17H18N2O2/c20-16(14-6-2-1-3-7-14)9-10-17(21)19-13-11-15-8-4-5-12-18-15/h1-8,12H,9-11,13H2,(H,19,21). The average Bonchev–Trinajstić information content (AvgIpc) is 2.54. The van der Waals surface area contributed by atoms with Crippen molar-refractivity contribution in [3.63, 3.8) is 0 Å². The van der Waals surface area contributed by atoms with Gasteiger partial charge in [-0.3, -0.25) is 14.6 Å². The molecule has 1 N–H and O–H groups in total. The predicted octanol–water partition coefficient (Wildman–Crippen LogP) is 2.40. The van der Waals surface area contributed by atoms with Gasteiger partial charge in [0, 0.05) is 43.3 Å². The Morgan fingerprint density at radius 3 is 2.43 bits per heavy atom. The Morgan fingerprint density at radius 2 is 1.71 bits per heavy atom. The van der Waals surface area contributed by atoms with Crippen molar-refractivity contribution in [3.8, 4) is 0 Å². The molecule has 0 atom stereocenters. The second-order valence-electron chi connectivity index (χ2n) is 4.71. The smallest absolute Gasteiger partial charge is 0.220 e. The molecule has 1 aromatic heterocycles. The van der Waals surface area contributed by atoms with Gasteiger partial charge in [-0.2, -0.15) is 0 Å². The molecule has 2 aromatic rings. The minimum absolute atomic E-state index is 0.00419. The summed E-state index contributed by atoms with van der Waals surface area (Å²) >= 11 is 0. The monoisotopic (exact) mass is 282 g/mol. The van der Waals surface area contributed by atoms with Crippen molar-refractivity contribution in [2.45, 2.75) is 19.3 Å². The largest absolute Gasteiger partial charge is 0.356 e. The number of Topliss-reactive ketones (excluding diaryl/α,β-unsaturated/α-hetero) is 1. The molecule has 1 amide bonds. The number of amides is 1. The van der Waals surface area contributed by atoms with Crippen molar-refractivity contribution >= 4 is 11.7 Å². The number of nitrogens with zero attached hydrogens (tertiary/aromatic N) is 1. The molecule has 0 spiro atoms. The van der Waals surface area contributed by atoms with Gasteiger partial charge >= 0.3 is 0 Å². The molecule has 2 rings (SSSR count). The molecular weight excluding hydrogens is 264 g/mol. The van der Waals surface area contributed by atoms with Crippen LogP contribution in [0.2, 0.25) is 0 Å². The fraction of sp³-hybridized carbons (Fsp3) is 0.235. The first kappa shape index (κ1) is 14.9. The Balaban J connectivity index is 1.67. The third-order valence-corrected chi connectivity index (χ3v) is 3.10. The van der Waals surface area contributed by atoms with Crippen LogP contribution in [0.25, 0.3) is 0 Å². The van der Waals surface area contributed by atoms with E-state index in [-0.39, 0.29) is 24.5 Å². The van der Waals surface area contributed by atoms with E-state index in [1.165, 1.54) is 0 Å². The fourth-order valence-corrected chi connectivity index (χ4v) is 1.96. The van der Waals surface area contributed by atoms with Crippen molar-refractivity contribution in [1.29, 1.82) is 0 Å². The van der Waals surface area contributed by atoms with Gasteiger partial charge in [0.2, 0.25) is 5.91 Å². The maximum Gasteiger partial charge on any atom is 0.220 e. The van der Waals surface area contributed by atoms with Crippen LogP contribution in [0, 0.1) is 0 Å². The first-order chi connectivity index (χ1) is 10.3. The molecule has 0 bridgehead atoms. The van der Waals surface area contributed by atoms with Crippen LogP contribution in [-0.2, 0) is 11.2 Å². The number of pyridine rings is 1. The molecule has 108 valence electrons. The van der Waals surface area contributed by atoms with Crippen molar-refractivity contribution in [2.75, 3.05) is 6.54 Å². The summed E-state index contributed by atoms with van der Waals surface area (Å²) in [6.07, 6.45) is 2.88. The predicted molar refractivity (Wildman–Crippen MR) is 81.0 cm³/mol. The lowest BCUT2D eigenvalue weighted by atomic mass is 10.1. The van der Waals surface area contributed by atoms with E-state index in [0.717, 1.165) is 5.69 Å². The zero-order valence-corrected chi connectivity index (χ0v) is 11.8. The van der Waals surface area contributed by atoms with E-state index >= 15 is 0 Å². The quantitative estimate of drug-likeness (QED) is 0.793. The lowest BCUT2D eigenvalue weighted by molar-refractivity contribution is -0.121. The summed E-state index contributed by atoms with van der Waals surface area (Å²) in [6.45, 7) is 0.537. The normalized spacial score (nSPS) is 10.1. The van der Waals surface area contributed by atoms with Crippen LogP contribution in [0.1, 0.15) is 28.9 Å². The van der Waals surface area contributed by atoms with Crippen molar-refractivity contribution < 1.29 is 9.59 Å². The van der Waals surface area contributed by atoms with Crippen molar-refractivity contribution in [3.05, 3.63) is 66.0 Å². The van der Waals surface area contributed by atoms with Gasteiger partial charge < -0.3 is 5.32 Å². The molecule has 0 aliphatic carbocycles. The maximum absolute atomic E-state index is 11.9. The van der Waals surface area contributed by atoms with Gasteiger partial charge in [0.25, 0.3) is 0 Å². The summed E-state index contributed by atoms with van der Waals surface area (Å²) in [4.78, 5) is 27.7. The van der Waals surface area contributed by atoms with Gasteiger partial charge in [0.05, 0.1) is 0 Å².